The fourth-order valence-electron chi connectivity index (χ4n) is 2.83. The van der Waals surface area contributed by atoms with E-state index in [1.165, 1.54) is 0 Å². The highest BCUT2D eigenvalue weighted by Gasteiger charge is 2.20. The van der Waals surface area contributed by atoms with Gasteiger partial charge >= 0.3 is 0 Å². The number of thiazole rings is 1. The largest absolute Gasteiger partial charge is 0.437 e. The molecule has 3 aromatic heterocycles. The summed E-state index contributed by atoms with van der Waals surface area (Å²) in [7, 11) is 0. The molecule has 0 spiro atoms. The molecule has 6 nitrogen and oxygen atoms in total. The van der Waals surface area contributed by atoms with E-state index in [1.807, 2.05) is 23.7 Å². The van der Waals surface area contributed by atoms with Crippen LogP contribution in [0.25, 0.3) is 0 Å². The average molecular weight is 339 g/mol. The molecule has 0 N–H and O–H groups in total. The monoisotopic (exact) mass is 339 g/mol. The van der Waals surface area contributed by atoms with Crippen LogP contribution in [-0.4, -0.2) is 37.9 Å². The van der Waals surface area contributed by atoms with Crippen LogP contribution in [0.4, 0.5) is 0 Å². The normalized spacial score (nSPS) is 14.8. The maximum absolute atomic E-state index is 5.93. The third-order valence-electron chi connectivity index (χ3n) is 4.03. The standard InChI is InChI=1S/C17H17N5OS/c1-2-13(10-18-5-1)23-17-14-3-7-22(11-16-19-6-9-24-16)8-4-15(14)20-12-21-17/h1-2,5-6,9-10,12H,3-4,7-8,11H2. The number of aromatic nitrogens is 4. The van der Waals surface area contributed by atoms with Crippen molar-refractivity contribution in [2.24, 2.45) is 0 Å². The highest BCUT2D eigenvalue weighted by atomic mass is 32.1. The summed E-state index contributed by atoms with van der Waals surface area (Å²) in [5.74, 6) is 1.34. The third-order valence-corrected chi connectivity index (χ3v) is 4.79. The Morgan fingerprint density at radius 1 is 1.12 bits per heavy atom. The lowest BCUT2D eigenvalue weighted by Crippen LogP contribution is -2.25. The van der Waals surface area contributed by atoms with Gasteiger partial charge in [0.1, 0.15) is 17.1 Å². The Bertz CT molecular complexity index is 794. The van der Waals surface area contributed by atoms with E-state index in [-0.39, 0.29) is 0 Å². The molecule has 0 amide bonds. The van der Waals surface area contributed by atoms with Crippen molar-refractivity contribution >= 4 is 11.3 Å². The van der Waals surface area contributed by atoms with Gasteiger partial charge in [-0.1, -0.05) is 0 Å². The molecule has 1 aliphatic heterocycles. The number of hydrogen-bond donors (Lipinski definition) is 0. The lowest BCUT2D eigenvalue weighted by molar-refractivity contribution is 0.278. The first-order valence-corrected chi connectivity index (χ1v) is 8.78. The van der Waals surface area contributed by atoms with E-state index in [0.29, 0.717) is 11.6 Å². The smallest absolute Gasteiger partial charge is 0.225 e. The first-order chi connectivity index (χ1) is 11.9. The molecule has 0 saturated carbocycles. The molecule has 0 radical (unpaired) electrons. The van der Waals surface area contributed by atoms with E-state index in [4.69, 9.17) is 4.74 Å². The van der Waals surface area contributed by atoms with Gasteiger partial charge in [0, 0.05) is 42.8 Å². The lowest BCUT2D eigenvalue weighted by atomic mass is 10.1. The first-order valence-electron chi connectivity index (χ1n) is 7.90. The van der Waals surface area contributed by atoms with Crippen molar-refractivity contribution in [1.29, 1.82) is 0 Å². The predicted molar refractivity (Wildman–Crippen MR) is 91.1 cm³/mol. The number of rotatable bonds is 4. The van der Waals surface area contributed by atoms with Crippen molar-refractivity contribution in [3.05, 3.63) is 58.7 Å². The van der Waals surface area contributed by atoms with Gasteiger partial charge < -0.3 is 4.74 Å². The summed E-state index contributed by atoms with van der Waals surface area (Å²) in [5, 5.41) is 3.17. The van der Waals surface area contributed by atoms with Gasteiger partial charge in [-0.25, -0.2) is 15.0 Å². The molecule has 0 atom stereocenters. The topological polar surface area (TPSA) is 64.0 Å². The molecule has 122 valence electrons. The Hall–Kier alpha value is -2.38. The van der Waals surface area contributed by atoms with Crippen molar-refractivity contribution in [2.75, 3.05) is 13.1 Å². The van der Waals surface area contributed by atoms with E-state index in [2.05, 4.69) is 24.8 Å². The second kappa shape index (κ2) is 7.02. The zero-order valence-corrected chi connectivity index (χ0v) is 13.9. The van der Waals surface area contributed by atoms with E-state index in [9.17, 15) is 0 Å². The molecule has 3 aromatic rings. The van der Waals surface area contributed by atoms with Gasteiger partial charge in [0.05, 0.1) is 18.4 Å². The molecule has 24 heavy (non-hydrogen) atoms. The molecule has 0 saturated heterocycles. The van der Waals surface area contributed by atoms with Gasteiger partial charge in [-0.2, -0.15) is 0 Å². The van der Waals surface area contributed by atoms with Crippen LogP contribution in [0.5, 0.6) is 11.6 Å². The highest BCUT2D eigenvalue weighted by molar-refractivity contribution is 7.09. The quantitative estimate of drug-likeness (QED) is 0.728. The number of ether oxygens (including phenoxy) is 1. The van der Waals surface area contributed by atoms with Gasteiger partial charge in [0.25, 0.3) is 0 Å². The zero-order chi connectivity index (χ0) is 16.2. The molecule has 0 aliphatic carbocycles. The molecular formula is C17H17N5OS. The van der Waals surface area contributed by atoms with Crippen LogP contribution in [0.1, 0.15) is 16.3 Å². The highest BCUT2D eigenvalue weighted by Crippen LogP contribution is 2.26. The van der Waals surface area contributed by atoms with Crippen LogP contribution in [0.3, 0.4) is 0 Å². The molecule has 7 heteroatoms. The van der Waals surface area contributed by atoms with Gasteiger partial charge in [0.2, 0.25) is 5.88 Å². The van der Waals surface area contributed by atoms with E-state index >= 15 is 0 Å². The van der Waals surface area contributed by atoms with Crippen molar-refractivity contribution in [3.8, 4) is 11.6 Å². The Balaban J connectivity index is 1.52. The van der Waals surface area contributed by atoms with Crippen LogP contribution in [0.2, 0.25) is 0 Å². The van der Waals surface area contributed by atoms with Crippen molar-refractivity contribution in [3.63, 3.8) is 0 Å². The van der Waals surface area contributed by atoms with Gasteiger partial charge in [-0.3, -0.25) is 9.88 Å². The first kappa shape index (κ1) is 15.2. The van der Waals surface area contributed by atoms with Crippen molar-refractivity contribution in [2.45, 2.75) is 19.4 Å². The number of pyridine rings is 1. The second-order valence-corrected chi connectivity index (χ2v) is 6.58. The molecule has 0 bridgehead atoms. The molecule has 0 aromatic carbocycles. The van der Waals surface area contributed by atoms with E-state index in [1.54, 1.807) is 30.1 Å². The predicted octanol–water partition coefficient (Wildman–Crippen LogP) is 2.72. The molecule has 0 unspecified atom stereocenters. The van der Waals surface area contributed by atoms with Crippen LogP contribution in [0.15, 0.2) is 42.4 Å². The van der Waals surface area contributed by atoms with Gasteiger partial charge in [-0.15, -0.1) is 11.3 Å². The Labute approximate surface area is 144 Å². The summed E-state index contributed by atoms with van der Waals surface area (Å²) in [6, 6.07) is 3.73. The minimum Gasteiger partial charge on any atom is -0.437 e. The molecule has 1 aliphatic rings. The minimum atomic E-state index is 0.643. The van der Waals surface area contributed by atoms with E-state index in [0.717, 1.165) is 48.7 Å². The van der Waals surface area contributed by atoms with Crippen LogP contribution in [-0.2, 0) is 19.4 Å². The number of fused-ring (bicyclic) bond motifs is 1. The zero-order valence-electron chi connectivity index (χ0n) is 13.1. The van der Waals surface area contributed by atoms with Gasteiger partial charge in [-0.05, 0) is 18.6 Å². The van der Waals surface area contributed by atoms with Gasteiger partial charge in [0.15, 0.2) is 0 Å². The maximum atomic E-state index is 5.93. The van der Waals surface area contributed by atoms with Crippen molar-refractivity contribution < 1.29 is 4.74 Å². The Kier molecular flexibility index (Phi) is 4.44. The molecule has 4 heterocycles. The molecule has 0 fully saturated rings. The summed E-state index contributed by atoms with van der Waals surface area (Å²) >= 11 is 1.70. The molecular weight excluding hydrogens is 322 g/mol. The summed E-state index contributed by atoms with van der Waals surface area (Å²) in [6.45, 7) is 2.80. The summed E-state index contributed by atoms with van der Waals surface area (Å²) < 4.78 is 5.93. The fraction of sp³-hybridized carbons (Fsp3) is 0.294. The minimum absolute atomic E-state index is 0.643. The third kappa shape index (κ3) is 3.42. The summed E-state index contributed by atoms with van der Waals surface area (Å²) in [6.07, 6.45) is 8.63. The molecule has 4 rings (SSSR count). The van der Waals surface area contributed by atoms with Crippen LogP contribution < -0.4 is 4.74 Å². The van der Waals surface area contributed by atoms with E-state index < -0.39 is 0 Å². The number of nitrogens with zero attached hydrogens (tertiary/aromatic N) is 5. The van der Waals surface area contributed by atoms with Crippen molar-refractivity contribution in [1.82, 2.24) is 24.8 Å². The fourth-order valence-corrected chi connectivity index (χ4v) is 3.49. The second-order valence-electron chi connectivity index (χ2n) is 5.60. The number of hydrogen-bond acceptors (Lipinski definition) is 7. The lowest BCUT2D eigenvalue weighted by Gasteiger charge is -2.17. The van der Waals surface area contributed by atoms with Crippen LogP contribution >= 0.6 is 11.3 Å². The Morgan fingerprint density at radius 2 is 2.08 bits per heavy atom. The Morgan fingerprint density at radius 3 is 2.92 bits per heavy atom. The summed E-state index contributed by atoms with van der Waals surface area (Å²) in [4.78, 5) is 19.7. The van der Waals surface area contributed by atoms with Crippen LogP contribution in [0, 0.1) is 0 Å². The summed E-state index contributed by atoms with van der Waals surface area (Å²) in [5.41, 5.74) is 2.17. The maximum Gasteiger partial charge on any atom is 0.225 e. The SMILES string of the molecule is c1cncc(Oc2ncnc3c2CCN(Cc2nccs2)CC3)c1. The average Bonchev–Trinajstić information content (AvgIpc) is 3.03.